The van der Waals surface area contributed by atoms with Crippen molar-refractivity contribution in [3.8, 4) is 0 Å². The van der Waals surface area contributed by atoms with E-state index >= 15 is 0 Å². The number of aryl methyl sites for hydroxylation is 2. The topological polar surface area (TPSA) is 54.0 Å². The molecule has 4 nitrogen and oxygen atoms in total. The summed E-state index contributed by atoms with van der Waals surface area (Å²) >= 11 is 0. The van der Waals surface area contributed by atoms with Crippen molar-refractivity contribution < 1.29 is 4.79 Å². The monoisotopic (exact) mass is 345 g/mol. The Morgan fingerprint density at radius 3 is 2.50 bits per heavy atom. The summed E-state index contributed by atoms with van der Waals surface area (Å²) in [6, 6.07) is 20.0. The van der Waals surface area contributed by atoms with Crippen LogP contribution in [0.3, 0.4) is 0 Å². The van der Waals surface area contributed by atoms with Gasteiger partial charge in [0.25, 0.3) is 5.91 Å². The molecule has 1 amide bonds. The molecule has 0 aliphatic rings. The molecule has 0 saturated heterocycles. The van der Waals surface area contributed by atoms with Crippen molar-refractivity contribution in [1.82, 2.24) is 10.3 Å². The summed E-state index contributed by atoms with van der Waals surface area (Å²) in [4.78, 5) is 16.5. The summed E-state index contributed by atoms with van der Waals surface area (Å²) in [5, 5.41) is 6.25. The average Bonchev–Trinajstić information content (AvgIpc) is 2.65. The van der Waals surface area contributed by atoms with Crippen LogP contribution in [0.5, 0.6) is 0 Å². The molecule has 0 atom stereocenters. The normalized spacial score (nSPS) is 10.4. The molecule has 1 heterocycles. The summed E-state index contributed by atoms with van der Waals surface area (Å²) < 4.78 is 0. The van der Waals surface area contributed by atoms with E-state index in [-0.39, 0.29) is 5.91 Å². The fourth-order valence-electron chi connectivity index (χ4n) is 2.77. The van der Waals surface area contributed by atoms with E-state index in [0.717, 1.165) is 17.8 Å². The van der Waals surface area contributed by atoms with Crippen LogP contribution < -0.4 is 10.6 Å². The molecule has 0 radical (unpaired) electrons. The van der Waals surface area contributed by atoms with Crippen LogP contribution in [0.25, 0.3) is 0 Å². The number of hydrogen-bond acceptors (Lipinski definition) is 3. The third-order valence-electron chi connectivity index (χ3n) is 4.20. The van der Waals surface area contributed by atoms with Crippen LogP contribution in [0.4, 0.5) is 11.4 Å². The Balaban J connectivity index is 1.55. The summed E-state index contributed by atoms with van der Waals surface area (Å²) in [6.07, 6.45) is 2.49. The van der Waals surface area contributed by atoms with Gasteiger partial charge in [0.2, 0.25) is 0 Å². The molecule has 2 aromatic carbocycles. The molecular weight excluding hydrogens is 322 g/mol. The number of carbonyl (C=O) groups excluding carboxylic acids is 1. The lowest BCUT2D eigenvalue weighted by Gasteiger charge is -2.10. The Hall–Kier alpha value is -3.14. The SMILES string of the molecule is Cc1ccc(Nc2ccc(C(=O)NCCc3ccccc3)nc2)c(C)c1. The summed E-state index contributed by atoms with van der Waals surface area (Å²) in [5.41, 5.74) is 5.93. The lowest BCUT2D eigenvalue weighted by atomic mass is 10.1. The highest BCUT2D eigenvalue weighted by Gasteiger charge is 2.07. The van der Waals surface area contributed by atoms with E-state index in [0.29, 0.717) is 12.2 Å². The number of amides is 1. The van der Waals surface area contributed by atoms with Gasteiger partial charge in [-0.1, -0.05) is 48.0 Å². The van der Waals surface area contributed by atoms with Crippen LogP contribution in [0.1, 0.15) is 27.2 Å². The largest absolute Gasteiger partial charge is 0.354 e. The van der Waals surface area contributed by atoms with Gasteiger partial charge in [0.15, 0.2) is 0 Å². The molecule has 4 heteroatoms. The Morgan fingerprint density at radius 1 is 1.00 bits per heavy atom. The third kappa shape index (κ3) is 4.70. The predicted molar refractivity (Wildman–Crippen MR) is 106 cm³/mol. The van der Waals surface area contributed by atoms with Crippen molar-refractivity contribution in [3.63, 3.8) is 0 Å². The minimum atomic E-state index is -0.154. The van der Waals surface area contributed by atoms with Crippen molar-refractivity contribution in [2.24, 2.45) is 0 Å². The van der Waals surface area contributed by atoms with Gasteiger partial charge in [-0.25, -0.2) is 4.98 Å². The first kappa shape index (κ1) is 17.7. The van der Waals surface area contributed by atoms with Gasteiger partial charge in [0, 0.05) is 12.2 Å². The summed E-state index contributed by atoms with van der Waals surface area (Å²) in [5.74, 6) is -0.154. The second-order valence-electron chi connectivity index (χ2n) is 6.37. The van der Waals surface area contributed by atoms with Crippen LogP contribution in [0.15, 0.2) is 66.9 Å². The highest BCUT2D eigenvalue weighted by atomic mass is 16.1. The molecule has 0 fully saturated rings. The van der Waals surface area contributed by atoms with Crippen LogP contribution in [-0.2, 0) is 6.42 Å². The Morgan fingerprint density at radius 2 is 1.81 bits per heavy atom. The first-order valence-corrected chi connectivity index (χ1v) is 8.74. The number of carbonyl (C=O) groups is 1. The van der Waals surface area contributed by atoms with Crippen molar-refractivity contribution in [1.29, 1.82) is 0 Å². The zero-order valence-corrected chi connectivity index (χ0v) is 15.1. The number of hydrogen-bond donors (Lipinski definition) is 2. The van der Waals surface area contributed by atoms with E-state index in [1.165, 1.54) is 16.7 Å². The molecule has 3 aromatic rings. The van der Waals surface area contributed by atoms with Gasteiger partial charge in [-0.3, -0.25) is 4.79 Å². The fourth-order valence-corrected chi connectivity index (χ4v) is 2.77. The Labute approximate surface area is 154 Å². The second-order valence-corrected chi connectivity index (χ2v) is 6.37. The Bertz CT molecular complexity index is 874. The highest BCUT2D eigenvalue weighted by Crippen LogP contribution is 2.21. The van der Waals surface area contributed by atoms with Crippen molar-refractivity contribution in [2.45, 2.75) is 20.3 Å². The van der Waals surface area contributed by atoms with Gasteiger partial charge >= 0.3 is 0 Å². The predicted octanol–water partition coefficient (Wildman–Crippen LogP) is 4.41. The first-order valence-electron chi connectivity index (χ1n) is 8.74. The molecule has 0 spiro atoms. The number of rotatable bonds is 6. The minimum Gasteiger partial charge on any atom is -0.354 e. The molecule has 132 valence electrons. The second kappa shape index (κ2) is 8.30. The maximum Gasteiger partial charge on any atom is 0.269 e. The molecule has 0 saturated carbocycles. The number of nitrogens with zero attached hydrogens (tertiary/aromatic N) is 1. The number of nitrogens with one attached hydrogen (secondary N) is 2. The molecule has 3 rings (SSSR count). The smallest absolute Gasteiger partial charge is 0.269 e. The van der Waals surface area contributed by atoms with Crippen LogP contribution in [0.2, 0.25) is 0 Å². The third-order valence-corrected chi connectivity index (χ3v) is 4.20. The summed E-state index contributed by atoms with van der Waals surface area (Å²) in [7, 11) is 0. The van der Waals surface area contributed by atoms with E-state index in [1.54, 1.807) is 12.3 Å². The molecule has 2 N–H and O–H groups in total. The lowest BCUT2D eigenvalue weighted by molar-refractivity contribution is 0.0949. The van der Waals surface area contributed by atoms with Gasteiger partial charge in [-0.15, -0.1) is 0 Å². The van der Waals surface area contributed by atoms with Crippen LogP contribution >= 0.6 is 0 Å². The van der Waals surface area contributed by atoms with Crippen molar-refractivity contribution >= 4 is 17.3 Å². The summed E-state index contributed by atoms with van der Waals surface area (Å²) in [6.45, 7) is 4.73. The van der Waals surface area contributed by atoms with E-state index in [2.05, 4.69) is 59.8 Å². The van der Waals surface area contributed by atoms with Crippen molar-refractivity contribution in [3.05, 3.63) is 89.2 Å². The lowest BCUT2D eigenvalue weighted by Crippen LogP contribution is -2.26. The molecule has 0 unspecified atom stereocenters. The number of benzene rings is 2. The molecule has 26 heavy (non-hydrogen) atoms. The maximum atomic E-state index is 12.2. The molecule has 1 aromatic heterocycles. The van der Waals surface area contributed by atoms with E-state index in [9.17, 15) is 4.79 Å². The fraction of sp³-hybridized carbons (Fsp3) is 0.182. The maximum absolute atomic E-state index is 12.2. The number of anilines is 2. The minimum absolute atomic E-state index is 0.154. The highest BCUT2D eigenvalue weighted by molar-refractivity contribution is 5.92. The van der Waals surface area contributed by atoms with Gasteiger partial charge in [-0.05, 0) is 49.6 Å². The number of aromatic nitrogens is 1. The zero-order chi connectivity index (χ0) is 18.4. The molecule has 0 aliphatic carbocycles. The molecule has 0 aliphatic heterocycles. The quantitative estimate of drug-likeness (QED) is 0.695. The first-order chi connectivity index (χ1) is 12.6. The van der Waals surface area contributed by atoms with E-state index in [4.69, 9.17) is 0 Å². The van der Waals surface area contributed by atoms with E-state index < -0.39 is 0 Å². The van der Waals surface area contributed by atoms with Gasteiger partial charge < -0.3 is 10.6 Å². The Kier molecular flexibility index (Phi) is 5.64. The van der Waals surface area contributed by atoms with Crippen LogP contribution in [-0.4, -0.2) is 17.4 Å². The van der Waals surface area contributed by atoms with Gasteiger partial charge in [-0.2, -0.15) is 0 Å². The van der Waals surface area contributed by atoms with E-state index in [1.807, 2.05) is 24.3 Å². The van der Waals surface area contributed by atoms with Gasteiger partial charge in [0.05, 0.1) is 11.9 Å². The van der Waals surface area contributed by atoms with Crippen molar-refractivity contribution in [2.75, 3.05) is 11.9 Å². The standard InChI is InChI=1S/C22H23N3O/c1-16-8-10-20(17(2)14-16)25-19-9-11-21(24-15-19)22(26)23-13-12-18-6-4-3-5-7-18/h3-11,14-15,25H,12-13H2,1-2H3,(H,23,26). The molecular formula is C22H23N3O. The number of pyridine rings is 1. The van der Waals surface area contributed by atoms with Gasteiger partial charge in [0.1, 0.15) is 5.69 Å². The average molecular weight is 345 g/mol. The zero-order valence-electron chi connectivity index (χ0n) is 15.1. The van der Waals surface area contributed by atoms with Crippen LogP contribution in [0, 0.1) is 13.8 Å². The molecule has 0 bridgehead atoms.